The van der Waals surface area contributed by atoms with Crippen molar-refractivity contribution in [2.45, 2.75) is 50.7 Å². The van der Waals surface area contributed by atoms with Crippen LogP contribution in [0.25, 0.3) is 0 Å². The van der Waals surface area contributed by atoms with Gasteiger partial charge in [-0.1, -0.05) is 6.92 Å². The first-order valence-electron chi connectivity index (χ1n) is 6.88. The zero-order valence-corrected chi connectivity index (χ0v) is 10.6. The van der Waals surface area contributed by atoms with Crippen molar-refractivity contribution >= 4 is 11.9 Å². The summed E-state index contributed by atoms with van der Waals surface area (Å²) in [6, 6.07) is 0.00782. The molecule has 5 atom stereocenters. The number of fused-ring (bicyclic) bond motifs is 2. The zero-order chi connectivity index (χ0) is 12.9. The lowest BCUT2D eigenvalue weighted by atomic mass is 9.89. The first-order valence-corrected chi connectivity index (χ1v) is 6.88. The van der Waals surface area contributed by atoms with Crippen molar-refractivity contribution in [2.75, 3.05) is 6.54 Å². The average Bonchev–Trinajstić information content (AvgIpc) is 3.01. The van der Waals surface area contributed by atoms with Crippen molar-refractivity contribution in [3.05, 3.63) is 0 Å². The Bertz CT molecular complexity index is 384. The minimum Gasteiger partial charge on any atom is -0.481 e. The van der Waals surface area contributed by atoms with Gasteiger partial charge in [-0.15, -0.1) is 0 Å². The van der Waals surface area contributed by atoms with E-state index in [1.165, 1.54) is 0 Å². The second-order valence-electron chi connectivity index (χ2n) is 5.92. The van der Waals surface area contributed by atoms with Crippen LogP contribution in [0.5, 0.6) is 0 Å². The second kappa shape index (κ2) is 4.23. The number of nitrogens with zero attached hydrogens (tertiary/aromatic N) is 1. The van der Waals surface area contributed by atoms with Crippen LogP contribution in [0.4, 0.5) is 0 Å². The number of carboxylic acid groups (broad SMARTS) is 1. The monoisotopic (exact) mass is 252 g/mol. The average molecular weight is 252 g/mol. The molecular formula is C13H20N2O3. The largest absolute Gasteiger partial charge is 0.481 e. The molecule has 3 heterocycles. The van der Waals surface area contributed by atoms with E-state index in [2.05, 4.69) is 12.2 Å². The quantitative estimate of drug-likeness (QED) is 0.748. The van der Waals surface area contributed by atoms with Crippen LogP contribution in [0.2, 0.25) is 0 Å². The number of rotatable bonds is 2. The molecule has 0 aromatic rings. The molecule has 0 spiro atoms. The third-order valence-electron chi connectivity index (χ3n) is 4.91. The maximum Gasteiger partial charge on any atom is 0.308 e. The normalized spacial score (nSPS) is 42.5. The second-order valence-corrected chi connectivity index (χ2v) is 5.92. The number of amides is 1. The van der Waals surface area contributed by atoms with E-state index in [0.29, 0.717) is 12.3 Å². The van der Waals surface area contributed by atoms with Crippen molar-refractivity contribution in [1.82, 2.24) is 10.2 Å². The molecule has 0 aliphatic carbocycles. The molecule has 0 saturated carbocycles. The molecule has 2 N–H and O–H groups in total. The lowest BCUT2D eigenvalue weighted by Crippen LogP contribution is -2.48. The number of nitrogens with one attached hydrogen (secondary N) is 1. The number of carbonyl (C=O) groups is 2. The Hall–Kier alpha value is -1.10. The van der Waals surface area contributed by atoms with Crippen LogP contribution < -0.4 is 5.32 Å². The molecule has 5 nitrogen and oxygen atoms in total. The molecule has 3 saturated heterocycles. The van der Waals surface area contributed by atoms with Gasteiger partial charge in [0.05, 0.1) is 12.0 Å². The Labute approximate surface area is 107 Å². The van der Waals surface area contributed by atoms with Crippen molar-refractivity contribution in [1.29, 1.82) is 0 Å². The van der Waals surface area contributed by atoms with E-state index in [1.807, 2.05) is 4.90 Å². The summed E-state index contributed by atoms with van der Waals surface area (Å²) in [5.74, 6) is -0.589. The summed E-state index contributed by atoms with van der Waals surface area (Å²) in [6.45, 7) is 2.98. The lowest BCUT2D eigenvalue weighted by Gasteiger charge is -2.28. The van der Waals surface area contributed by atoms with E-state index >= 15 is 0 Å². The van der Waals surface area contributed by atoms with Crippen molar-refractivity contribution in [3.8, 4) is 0 Å². The highest BCUT2D eigenvalue weighted by molar-refractivity contribution is 5.85. The van der Waals surface area contributed by atoms with Gasteiger partial charge < -0.3 is 15.3 Å². The number of carbonyl (C=O) groups excluding carboxylic acids is 1. The molecule has 2 bridgehead atoms. The molecule has 18 heavy (non-hydrogen) atoms. The molecule has 5 unspecified atom stereocenters. The van der Waals surface area contributed by atoms with Crippen LogP contribution in [0.15, 0.2) is 0 Å². The fourth-order valence-corrected chi connectivity index (χ4v) is 3.92. The third-order valence-corrected chi connectivity index (χ3v) is 4.91. The maximum atomic E-state index is 12.6. The SMILES string of the molecule is CC1CCNC1C(=O)N1C2CCC1C(C(=O)O)C2. The van der Waals surface area contributed by atoms with Crippen LogP contribution in [0.1, 0.15) is 32.6 Å². The zero-order valence-electron chi connectivity index (χ0n) is 10.6. The number of hydrogen-bond donors (Lipinski definition) is 2. The van der Waals surface area contributed by atoms with Crippen LogP contribution in [0.3, 0.4) is 0 Å². The Kier molecular flexibility index (Phi) is 2.81. The molecule has 0 aromatic carbocycles. The van der Waals surface area contributed by atoms with Gasteiger partial charge >= 0.3 is 5.97 Å². The van der Waals surface area contributed by atoms with Crippen LogP contribution >= 0.6 is 0 Å². The Morgan fingerprint density at radius 1 is 1.28 bits per heavy atom. The predicted molar refractivity (Wildman–Crippen MR) is 65.0 cm³/mol. The van der Waals surface area contributed by atoms with Crippen molar-refractivity contribution < 1.29 is 14.7 Å². The summed E-state index contributed by atoms with van der Waals surface area (Å²) >= 11 is 0. The molecular weight excluding hydrogens is 232 g/mol. The van der Waals surface area contributed by atoms with Crippen LogP contribution in [-0.4, -0.2) is 46.6 Å². The van der Waals surface area contributed by atoms with Gasteiger partial charge in [0, 0.05) is 12.1 Å². The minimum absolute atomic E-state index is 0.0606. The Morgan fingerprint density at radius 2 is 2.06 bits per heavy atom. The molecule has 3 fully saturated rings. The first kappa shape index (κ1) is 12.0. The van der Waals surface area contributed by atoms with E-state index < -0.39 is 5.97 Å². The highest BCUT2D eigenvalue weighted by Gasteiger charge is 2.52. The van der Waals surface area contributed by atoms with E-state index in [9.17, 15) is 14.7 Å². The Morgan fingerprint density at radius 3 is 2.61 bits per heavy atom. The number of hydrogen-bond acceptors (Lipinski definition) is 3. The van der Waals surface area contributed by atoms with Gasteiger partial charge in [-0.3, -0.25) is 9.59 Å². The van der Waals surface area contributed by atoms with E-state index in [1.54, 1.807) is 0 Å². The van der Waals surface area contributed by atoms with E-state index in [-0.39, 0.29) is 30.0 Å². The Balaban J connectivity index is 1.77. The molecule has 3 aliphatic rings. The molecule has 3 rings (SSSR count). The smallest absolute Gasteiger partial charge is 0.308 e. The fourth-order valence-electron chi connectivity index (χ4n) is 3.92. The van der Waals surface area contributed by atoms with Gasteiger partial charge in [0.15, 0.2) is 0 Å². The lowest BCUT2D eigenvalue weighted by molar-refractivity contribution is -0.143. The number of carboxylic acids is 1. The molecule has 0 radical (unpaired) electrons. The summed E-state index contributed by atoms with van der Waals surface area (Å²) in [5.41, 5.74) is 0. The van der Waals surface area contributed by atoms with Gasteiger partial charge in [-0.2, -0.15) is 0 Å². The van der Waals surface area contributed by atoms with Crippen molar-refractivity contribution in [2.24, 2.45) is 11.8 Å². The molecule has 3 aliphatic heterocycles. The van der Waals surface area contributed by atoms with E-state index in [4.69, 9.17) is 0 Å². The van der Waals surface area contributed by atoms with Crippen LogP contribution in [0, 0.1) is 11.8 Å². The molecule has 0 aromatic heterocycles. The van der Waals surface area contributed by atoms with E-state index in [0.717, 1.165) is 25.8 Å². The highest BCUT2D eigenvalue weighted by Crippen LogP contribution is 2.42. The molecule has 5 heteroatoms. The van der Waals surface area contributed by atoms with Gasteiger partial charge in [0.2, 0.25) is 5.91 Å². The summed E-state index contributed by atoms with van der Waals surface area (Å²) in [7, 11) is 0. The third kappa shape index (κ3) is 1.64. The van der Waals surface area contributed by atoms with Gasteiger partial charge in [0.1, 0.15) is 0 Å². The predicted octanol–water partition coefficient (Wildman–Crippen LogP) is 0.449. The topological polar surface area (TPSA) is 69.6 Å². The summed E-state index contributed by atoms with van der Waals surface area (Å²) in [6.07, 6.45) is 3.50. The summed E-state index contributed by atoms with van der Waals surface area (Å²) in [4.78, 5) is 25.6. The molecule has 1 amide bonds. The highest BCUT2D eigenvalue weighted by atomic mass is 16.4. The maximum absolute atomic E-state index is 12.6. The first-order chi connectivity index (χ1) is 8.59. The van der Waals surface area contributed by atoms with Gasteiger partial charge in [0.25, 0.3) is 0 Å². The van der Waals surface area contributed by atoms with Gasteiger partial charge in [-0.25, -0.2) is 0 Å². The molecule has 100 valence electrons. The van der Waals surface area contributed by atoms with Crippen molar-refractivity contribution in [3.63, 3.8) is 0 Å². The summed E-state index contributed by atoms with van der Waals surface area (Å²) < 4.78 is 0. The minimum atomic E-state index is -0.743. The standard InChI is InChI=1S/C13H20N2O3/c1-7-4-5-14-11(7)12(16)15-8-2-3-10(15)9(6-8)13(17)18/h7-11,14H,2-6H2,1H3,(H,17,18). The number of aliphatic carboxylic acids is 1. The fraction of sp³-hybridized carbons (Fsp3) is 0.846. The summed E-state index contributed by atoms with van der Waals surface area (Å²) in [5, 5.41) is 12.5. The van der Waals surface area contributed by atoms with Gasteiger partial charge in [-0.05, 0) is 38.1 Å². The van der Waals surface area contributed by atoms with Crippen LogP contribution in [-0.2, 0) is 9.59 Å².